The van der Waals surface area contributed by atoms with E-state index in [1.807, 2.05) is 64.1 Å². The van der Waals surface area contributed by atoms with Gasteiger partial charge in [-0.05, 0) is 93.4 Å². The average Bonchev–Trinajstić information content (AvgIpc) is 3.37. The largest absolute Gasteiger partial charge is 0.493 e. The number of carbonyl (C=O) groups is 2. The highest BCUT2D eigenvalue weighted by Gasteiger charge is 2.19. The Kier molecular flexibility index (Phi) is 10.9. The average molecular weight is 601 g/mol. The Bertz CT molecular complexity index is 1580. The fourth-order valence-corrected chi connectivity index (χ4v) is 4.48. The van der Waals surface area contributed by atoms with E-state index in [0.29, 0.717) is 42.3 Å². The quantitative estimate of drug-likeness (QED) is 0.111. The van der Waals surface area contributed by atoms with Crippen LogP contribution < -0.4 is 14.8 Å². The molecule has 0 saturated heterocycles. The van der Waals surface area contributed by atoms with Crippen molar-refractivity contribution >= 4 is 11.8 Å². The van der Waals surface area contributed by atoms with E-state index < -0.39 is 17.8 Å². The standard InChI is InChI=1S/C35H37FN2O6/c1-5-28(21-33(39)25-8-12-27(36)13-9-25)37-32(35(40)41)20-24-6-14-29(15-7-24)42-19-18-31-23(4)44-34(38-31)26-10-16-30(17-11-26)43-22(2)3/h6-17,21-22,32,37H,5,18-20H2,1-4H3,(H,40,41)/b28-21+/t32-/m0/s1. The van der Waals surface area contributed by atoms with Gasteiger partial charge in [-0.15, -0.1) is 0 Å². The number of allylic oxidation sites excluding steroid dienone is 2. The first-order valence-electron chi connectivity index (χ1n) is 14.6. The molecule has 8 nitrogen and oxygen atoms in total. The zero-order chi connectivity index (χ0) is 31.6. The van der Waals surface area contributed by atoms with Gasteiger partial charge in [0.15, 0.2) is 5.78 Å². The van der Waals surface area contributed by atoms with Crippen LogP contribution in [0.5, 0.6) is 11.5 Å². The summed E-state index contributed by atoms with van der Waals surface area (Å²) < 4.78 is 30.7. The Morgan fingerprint density at radius 3 is 2.27 bits per heavy atom. The molecule has 0 spiro atoms. The maximum Gasteiger partial charge on any atom is 0.326 e. The Morgan fingerprint density at radius 2 is 1.66 bits per heavy atom. The van der Waals surface area contributed by atoms with Gasteiger partial charge in [0.1, 0.15) is 29.1 Å². The van der Waals surface area contributed by atoms with Crippen molar-refractivity contribution in [2.24, 2.45) is 0 Å². The summed E-state index contributed by atoms with van der Waals surface area (Å²) in [7, 11) is 0. The van der Waals surface area contributed by atoms with Gasteiger partial charge in [-0.3, -0.25) is 4.79 Å². The highest BCUT2D eigenvalue weighted by molar-refractivity contribution is 6.04. The number of aliphatic carboxylic acids is 1. The molecule has 0 bridgehead atoms. The number of nitrogens with one attached hydrogen (secondary N) is 1. The number of carbonyl (C=O) groups excluding carboxylic acids is 1. The molecule has 0 aliphatic heterocycles. The summed E-state index contributed by atoms with van der Waals surface area (Å²) in [6.45, 7) is 8.05. The lowest BCUT2D eigenvalue weighted by atomic mass is 10.0. The van der Waals surface area contributed by atoms with Crippen LogP contribution in [0.4, 0.5) is 4.39 Å². The minimum absolute atomic E-state index is 0.0989. The van der Waals surface area contributed by atoms with Gasteiger partial charge in [0, 0.05) is 35.7 Å². The Balaban J connectivity index is 1.31. The number of carboxylic acid groups (broad SMARTS) is 1. The molecule has 0 aliphatic carbocycles. The van der Waals surface area contributed by atoms with E-state index in [1.54, 1.807) is 12.1 Å². The number of benzene rings is 3. The molecule has 4 rings (SSSR count). The van der Waals surface area contributed by atoms with Gasteiger partial charge in [-0.25, -0.2) is 14.2 Å². The van der Waals surface area contributed by atoms with Gasteiger partial charge in [0.2, 0.25) is 5.89 Å². The summed E-state index contributed by atoms with van der Waals surface area (Å²) in [5.41, 5.74) is 3.27. The van der Waals surface area contributed by atoms with Crippen molar-refractivity contribution in [1.29, 1.82) is 0 Å². The van der Waals surface area contributed by atoms with Crippen LogP contribution in [0, 0.1) is 12.7 Å². The first kappa shape index (κ1) is 32.0. The fourth-order valence-electron chi connectivity index (χ4n) is 4.48. The van der Waals surface area contributed by atoms with E-state index in [9.17, 15) is 19.1 Å². The molecule has 9 heteroatoms. The number of aryl methyl sites for hydroxylation is 1. The third-order valence-electron chi connectivity index (χ3n) is 6.81. The molecule has 2 N–H and O–H groups in total. The molecule has 0 fully saturated rings. The Hall–Kier alpha value is -4.92. The van der Waals surface area contributed by atoms with Crippen LogP contribution in [0.2, 0.25) is 0 Å². The topological polar surface area (TPSA) is 111 Å². The van der Waals surface area contributed by atoms with Crippen LogP contribution in [0.1, 0.15) is 54.6 Å². The predicted molar refractivity (Wildman–Crippen MR) is 165 cm³/mol. The zero-order valence-corrected chi connectivity index (χ0v) is 25.3. The summed E-state index contributed by atoms with van der Waals surface area (Å²) in [6, 6.07) is 19.1. The fraction of sp³-hybridized carbons (Fsp3) is 0.286. The third kappa shape index (κ3) is 9.04. The van der Waals surface area contributed by atoms with Crippen LogP contribution in [-0.4, -0.2) is 40.6 Å². The number of carboxylic acids is 1. The first-order valence-corrected chi connectivity index (χ1v) is 14.6. The van der Waals surface area contributed by atoms with Gasteiger partial charge in [-0.2, -0.15) is 0 Å². The lowest BCUT2D eigenvalue weighted by Gasteiger charge is -2.18. The molecule has 0 radical (unpaired) electrons. The van der Waals surface area contributed by atoms with Crippen molar-refractivity contribution in [2.75, 3.05) is 6.61 Å². The number of halogens is 1. The number of oxazole rings is 1. The van der Waals surface area contributed by atoms with Gasteiger partial charge in [0.05, 0.1) is 18.4 Å². The molecule has 230 valence electrons. The molecule has 0 aliphatic rings. The molecule has 0 unspecified atom stereocenters. The maximum absolute atomic E-state index is 13.2. The van der Waals surface area contributed by atoms with Crippen LogP contribution in [0.25, 0.3) is 11.5 Å². The van der Waals surface area contributed by atoms with Gasteiger partial charge in [-0.1, -0.05) is 19.1 Å². The highest BCUT2D eigenvalue weighted by atomic mass is 19.1. The van der Waals surface area contributed by atoms with Gasteiger partial charge >= 0.3 is 5.97 Å². The molecule has 3 aromatic carbocycles. The summed E-state index contributed by atoms with van der Waals surface area (Å²) in [5.74, 6) is 0.905. The van der Waals surface area contributed by atoms with E-state index >= 15 is 0 Å². The molecule has 0 saturated carbocycles. The van der Waals surface area contributed by atoms with E-state index in [4.69, 9.17) is 13.9 Å². The monoisotopic (exact) mass is 600 g/mol. The Labute approximate surface area is 256 Å². The summed E-state index contributed by atoms with van der Waals surface area (Å²) >= 11 is 0. The van der Waals surface area contributed by atoms with Crippen LogP contribution >= 0.6 is 0 Å². The zero-order valence-electron chi connectivity index (χ0n) is 25.3. The van der Waals surface area contributed by atoms with Crippen LogP contribution in [0.15, 0.2) is 89.0 Å². The van der Waals surface area contributed by atoms with E-state index in [1.165, 1.54) is 30.3 Å². The van der Waals surface area contributed by atoms with E-state index in [0.717, 1.165) is 28.3 Å². The second kappa shape index (κ2) is 15.0. The lowest BCUT2D eigenvalue weighted by Crippen LogP contribution is -2.38. The second-order valence-electron chi connectivity index (χ2n) is 10.6. The number of ether oxygens (including phenoxy) is 2. The Morgan fingerprint density at radius 1 is 1.00 bits per heavy atom. The highest BCUT2D eigenvalue weighted by Crippen LogP contribution is 2.25. The second-order valence-corrected chi connectivity index (χ2v) is 10.6. The SMILES string of the molecule is CC/C(=C\C(=O)c1ccc(F)cc1)N[C@@H](Cc1ccc(OCCc2nc(-c3ccc(OC(C)C)cc3)oc2C)cc1)C(=O)O. The third-order valence-corrected chi connectivity index (χ3v) is 6.81. The van der Waals surface area contributed by atoms with Crippen molar-refractivity contribution in [3.63, 3.8) is 0 Å². The number of rotatable bonds is 15. The van der Waals surface area contributed by atoms with Crippen molar-refractivity contribution < 1.29 is 33.0 Å². The molecule has 4 aromatic rings. The van der Waals surface area contributed by atoms with Crippen molar-refractivity contribution in [3.05, 3.63) is 113 Å². The molecule has 0 amide bonds. The molecule has 1 heterocycles. The molecule has 1 atom stereocenters. The molecular formula is C35H37FN2O6. The number of hydrogen-bond donors (Lipinski definition) is 2. The minimum atomic E-state index is -1.04. The summed E-state index contributed by atoms with van der Waals surface area (Å²) in [5, 5.41) is 12.8. The normalized spacial score (nSPS) is 12.2. The van der Waals surface area contributed by atoms with Crippen LogP contribution in [0.3, 0.4) is 0 Å². The summed E-state index contributed by atoms with van der Waals surface area (Å²) in [4.78, 5) is 29.2. The predicted octanol–water partition coefficient (Wildman–Crippen LogP) is 6.96. The first-order chi connectivity index (χ1) is 21.1. The molecular weight excluding hydrogens is 563 g/mol. The maximum atomic E-state index is 13.2. The van der Waals surface area contributed by atoms with Gasteiger partial charge < -0.3 is 24.3 Å². The number of nitrogens with zero attached hydrogens (tertiary/aromatic N) is 1. The van der Waals surface area contributed by atoms with Crippen molar-refractivity contribution in [3.8, 4) is 23.0 Å². The number of hydrogen-bond acceptors (Lipinski definition) is 7. The number of aromatic nitrogens is 1. The van der Waals surface area contributed by atoms with Gasteiger partial charge in [0.25, 0.3) is 0 Å². The lowest BCUT2D eigenvalue weighted by molar-refractivity contribution is -0.139. The number of ketones is 1. The molecule has 1 aromatic heterocycles. The summed E-state index contributed by atoms with van der Waals surface area (Å²) in [6.07, 6.45) is 2.64. The van der Waals surface area contributed by atoms with E-state index in [2.05, 4.69) is 10.3 Å². The van der Waals surface area contributed by atoms with E-state index in [-0.39, 0.29) is 18.3 Å². The van der Waals surface area contributed by atoms with Crippen LogP contribution in [-0.2, 0) is 17.6 Å². The minimum Gasteiger partial charge on any atom is -0.493 e. The smallest absolute Gasteiger partial charge is 0.326 e. The van der Waals surface area contributed by atoms with Crippen molar-refractivity contribution in [2.45, 2.75) is 59.1 Å². The van der Waals surface area contributed by atoms with Crippen molar-refractivity contribution in [1.82, 2.24) is 10.3 Å². The molecule has 44 heavy (non-hydrogen) atoms.